The lowest BCUT2D eigenvalue weighted by Gasteiger charge is -2.24. The molecule has 0 spiro atoms. The Labute approximate surface area is 185 Å². The minimum Gasteiger partial charge on any atom is -0.344 e. The largest absolute Gasteiger partial charge is 0.416 e. The van der Waals surface area contributed by atoms with Gasteiger partial charge in [-0.2, -0.15) is 13.2 Å². The molecule has 1 unspecified atom stereocenters. The number of aldehydes is 1. The van der Waals surface area contributed by atoms with Crippen molar-refractivity contribution in [2.45, 2.75) is 51.4 Å². The number of benzene rings is 2. The van der Waals surface area contributed by atoms with Gasteiger partial charge in [-0.25, -0.2) is 0 Å². The number of aryl methyl sites for hydroxylation is 1. The Bertz CT molecular complexity index is 914. The van der Waals surface area contributed by atoms with Crippen LogP contribution in [-0.4, -0.2) is 30.2 Å². The maximum Gasteiger partial charge on any atom is 0.416 e. The van der Waals surface area contributed by atoms with Crippen molar-refractivity contribution in [3.63, 3.8) is 0 Å². The minimum absolute atomic E-state index is 0.0181. The van der Waals surface area contributed by atoms with Gasteiger partial charge in [-0.05, 0) is 36.0 Å². The molecule has 0 fully saturated rings. The predicted molar refractivity (Wildman–Crippen MR) is 115 cm³/mol. The second kappa shape index (κ2) is 11.5. The van der Waals surface area contributed by atoms with Gasteiger partial charge >= 0.3 is 6.18 Å². The van der Waals surface area contributed by atoms with E-state index in [1.54, 1.807) is 13.8 Å². The highest BCUT2D eigenvalue weighted by Crippen LogP contribution is 2.32. The van der Waals surface area contributed by atoms with E-state index in [2.05, 4.69) is 10.6 Å². The summed E-state index contributed by atoms with van der Waals surface area (Å²) in [4.78, 5) is 36.5. The van der Waals surface area contributed by atoms with Gasteiger partial charge in [0.2, 0.25) is 11.8 Å². The molecule has 2 aromatic rings. The summed E-state index contributed by atoms with van der Waals surface area (Å²) in [5.41, 5.74) is 0.114. The van der Waals surface area contributed by atoms with E-state index >= 15 is 0 Å². The predicted octanol–water partition coefficient (Wildman–Crippen LogP) is 3.71. The molecule has 8 heteroatoms. The summed E-state index contributed by atoms with van der Waals surface area (Å²) >= 11 is 0. The highest BCUT2D eigenvalue weighted by molar-refractivity contribution is 5.89. The molecular weight excluding hydrogens is 421 g/mol. The molecular formula is C24H27F3N2O3. The van der Waals surface area contributed by atoms with Crippen LogP contribution in [0.1, 0.15) is 37.0 Å². The molecule has 0 aliphatic heterocycles. The van der Waals surface area contributed by atoms with Gasteiger partial charge in [-0.1, -0.05) is 62.4 Å². The Kier molecular flexibility index (Phi) is 8.99. The molecule has 0 heterocycles. The van der Waals surface area contributed by atoms with Crippen LogP contribution in [0.4, 0.5) is 13.2 Å². The molecule has 0 aromatic heterocycles. The van der Waals surface area contributed by atoms with E-state index in [4.69, 9.17) is 0 Å². The van der Waals surface area contributed by atoms with Gasteiger partial charge in [0.1, 0.15) is 12.3 Å². The van der Waals surface area contributed by atoms with Gasteiger partial charge in [0, 0.05) is 6.42 Å². The Morgan fingerprint density at radius 3 is 2.19 bits per heavy atom. The molecule has 2 N–H and O–H groups in total. The van der Waals surface area contributed by atoms with E-state index in [9.17, 15) is 27.6 Å². The molecule has 0 radical (unpaired) electrons. The fourth-order valence-electron chi connectivity index (χ4n) is 3.32. The average Bonchev–Trinajstić information content (AvgIpc) is 2.75. The molecule has 2 rings (SSSR count). The molecule has 2 amide bonds. The van der Waals surface area contributed by atoms with Crippen LogP contribution in [0.5, 0.6) is 0 Å². The fraction of sp³-hybridized carbons (Fsp3) is 0.375. The number of hydrogen-bond acceptors (Lipinski definition) is 3. The number of hydrogen-bond donors (Lipinski definition) is 2. The number of carbonyl (C=O) groups is 3. The van der Waals surface area contributed by atoms with Gasteiger partial charge < -0.3 is 15.4 Å². The Balaban J connectivity index is 1.98. The molecule has 0 saturated heterocycles. The smallest absolute Gasteiger partial charge is 0.344 e. The second-order valence-electron chi connectivity index (χ2n) is 7.88. The summed E-state index contributed by atoms with van der Waals surface area (Å²) in [7, 11) is 0. The molecule has 2 aromatic carbocycles. The normalized spacial score (nSPS) is 13.3. The van der Waals surface area contributed by atoms with E-state index < -0.39 is 35.6 Å². The van der Waals surface area contributed by atoms with Crippen LogP contribution >= 0.6 is 0 Å². The molecule has 0 bridgehead atoms. The summed E-state index contributed by atoms with van der Waals surface area (Å²) in [6.45, 7) is 3.47. The lowest BCUT2D eigenvalue weighted by atomic mass is 10.00. The molecule has 5 nitrogen and oxygen atoms in total. The fourth-order valence-corrected chi connectivity index (χ4v) is 3.32. The summed E-state index contributed by atoms with van der Waals surface area (Å²) in [6.07, 6.45) is -3.87. The highest BCUT2D eigenvalue weighted by Gasteiger charge is 2.33. The lowest BCUT2D eigenvalue weighted by molar-refractivity contribution is -0.138. The van der Waals surface area contributed by atoms with Crippen molar-refractivity contribution in [2.75, 3.05) is 0 Å². The SMILES string of the molecule is CC(C)[C@H](NC(=O)CCc1ccccc1C(F)(F)F)C(=O)NC(C=O)Cc1ccccc1. The van der Waals surface area contributed by atoms with Crippen LogP contribution in [0.3, 0.4) is 0 Å². The van der Waals surface area contributed by atoms with Crippen molar-refractivity contribution in [3.8, 4) is 0 Å². The second-order valence-corrected chi connectivity index (χ2v) is 7.88. The van der Waals surface area contributed by atoms with Crippen LogP contribution in [0.25, 0.3) is 0 Å². The number of halogens is 3. The first-order chi connectivity index (χ1) is 15.1. The van der Waals surface area contributed by atoms with Gasteiger partial charge in [-0.3, -0.25) is 9.59 Å². The zero-order valence-electron chi connectivity index (χ0n) is 18.0. The summed E-state index contributed by atoms with van der Waals surface area (Å²) in [6, 6.07) is 12.6. The van der Waals surface area contributed by atoms with Crippen LogP contribution in [-0.2, 0) is 33.4 Å². The monoisotopic (exact) mass is 448 g/mol. The Hall–Kier alpha value is -3.16. The molecule has 2 atom stereocenters. The van der Waals surface area contributed by atoms with Crippen molar-refractivity contribution in [2.24, 2.45) is 5.92 Å². The lowest BCUT2D eigenvalue weighted by Crippen LogP contribution is -2.52. The van der Waals surface area contributed by atoms with Crippen molar-refractivity contribution in [3.05, 3.63) is 71.3 Å². The zero-order chi connectivity index (χ0) is 23.7. The molecule has 0 aliphatic carbocycles. The van der Waals surface area contributed by atoms with E-state index in [0.29, 0.717) is 12.7 Å². The summed E-state index contributed by atoms with van der Waals surface area (Å²) < 4.78 is 39.4. The van der Waals surface area contributed by atoms with Crippen molar-refractivity contribution in [1.29, 1.82) is 0 Å². The third-order valence-electron chi connectivity index (χ3n) is 5.00. The average molecular weight is 448 g/mol. The number of carbonyl (C=O) groups excluding carboxylic acids is 3. The number of rotatable bonds is 10. The number of alkyl halides is 3. The third kappa shape index (κ3) is 7.51. The standard InChI is InChI=1S/C24H27F3N2O3/c1-16(2)22(23(32)28-19(15-30)14-17-8-4-3-5-9-17)29-21(31)13-12-18-10-6-7-11-20(18)24(25,26)27/h3-11,15-16,19,22H,12-14H2,1-2H3,(H,28,32)(H,29,31)/t19?,22-/m0/s1. The first kappa shape index (κ1) is 25.1. The van der Waals surface area contributed by atoms with Gasteiger partial charge in [0.25, 0.3) is 0 Å². The van der Waals surface area contributed by atoms with E-state index in [1.165, 1.54) is 18.2 Å². The Morgan fingerprint density at radius 2 is 1.59 bits per heavy atom. The van der Waals surface area contributed by atoms with Crippen LogP contribution in [0.15, 0.2) is 54.6 Å². The summed E-state index contributed by atoms with van der Waals surface area (Å²) in [5.74, 6) is -1.34. The van der Waals surface area contributed by atoms with Gasteiger partial charge in [-0.15, -0.1) is 0 Å². The molecule has 32 heavy (non-hydrogen) atoms. The molecule has 0 saturated carbocycles. The van der Waals surface area contributed by atoms with Crippen LogP contribution in [0, 0.1) is 5.92 Å². The van der Waals surface area contributed by atoms with Gasteiger partial charge in [0.05, 0.1) is 11.6 Å². The third-order valence-corrected chi connectivity index (χ3v) is 5.00. The van der Waals surface area contributed by atoms with Crippen LogP contribution < -0.4 is 10.6 Å². The first-order valence-electron chi connectivity index (χ1n) is 10.4. The summed E-state index contributed by atoms with van der Waals surface area (Å²) in [5, 5.41) is 5.22. The zero-order valence-corrected chi connectivity index (χ0v) is 18.0. The molecule has 172 valence electrons. The number of nitrogens with one attached hydrogen (secondary N) is 2. The Morgan fingerprint density at radius 1 is 0.969 bits per heavy atom. The van der Waals surface area contributed by atoms with Crippen molar-refractivity contribution < 1.29 is 27.6 Å². The maximum absolute atomic E-state index is 13.1. The van der Waals surface area contributed by atoms with Crippen LogP contribution in [0.2, 0.25) is 0 Å². The topological polar surface area (TPSA) is 75.3 Å². The maximum atomic E-state index is 13.1. The minimum atomic E-state index is -4.50. The van der Waals surface area contributed by atoms with Gasteiger partial charge in [0.15, 0.2) is 0 Å². The molecule has 0 aliphatic rings. The van der Waals surface area contributed by atoms with E-state index in [0.717, 1.165) is 11.6 Å². The van der Waals surface area contributed by atoms with E-state index in [1.807, 2.05) is 30.3 Å². The van der Waals surface area contributed by atoms with Crippen molar-refractivity contribution in [1.82, 2.24) is 10.6 Å². The van der Waals surface area contributed by atoms with E-state index in [-0.39, 0.29) is 24.3 Å². The number of amides is 2. The quantitative estimate of drug-likeness (QED) is 0.544. The highest BCUT2D eigenvalue weighted by atomic mass is 19.4. The first-order valence-corrected chi connectivity index (χ1v) is 10.4. The van der Waals surface area contributed by atoms with Crippen molar-refractivity contribution >= 4 is 18.1 Å².